The number of hydrogen-bond donors (Lipinski definition) is 0. The Labute approximate surface area is 103 Å². The van der Waals surface area contributed by atoms with E-state index in [1.165, 1.54) is 0 Å². The van der Waals surface area contributed by atoms with Crippen molar-refractivity contribution in [2.24, 2.45) is 10.8 Å². The highest BCUT2D eigenvalue weighted by molar-refractivity contribution is 9.09. The first-order valence-electron chi connectivity index (χ1n) is 5.58. The van der Waals surface area contributed by atoms with Gasteiger partial charge in [0, 0.05) is 26.8 Å². The second-order valence-electron chi connectivity index (χ2n) is 4.93. The minimum atomic E-state index is -0.104. The van der Waals surface area contributed by atoms with Gasteiger partial charge in [0.05, 0.1) is 12.1 Å². The smallest absolute Gasteiger partial charge is 0.0950 e. The Morgan fingerprint density at radius 1 is 1.25 bits per heavy atom. The zero-order chi connectivity index (χ0) is 11.4. The van der Waals surface area contributed by atoms with Gasteiger partial charge in [0.15, 0.2) is 0 Å². The normalized spacial score (nSPS) is 44.1. The summed E-state index contributed by atoms with van der Waals surface area (Å²) in [5.74, 6) is 0. The summed E-state index contributed by atoms with van der Waals surface area (Å²) in [7, 11) is 0. The number of alkyl halides is 1. The van der Waals surface area contributed by atoms with Gasteiger partial charge in [0.25, 0.3) is 0 Å². The standard InChI is InChI=1S/C13H11BrN2/c14-11-6-10(8-16)12-3-1-4-13(11,12)9(7-15)2-5-12/h2,6,11H,1,3-5H2/t11-,12-,13+/m1/s1. The highest BCUT2D eigenvalue weighted by Crippen LogP contribution is 2.72. The molecule has 0 saturated heterocycles. The highest BCUT2D eigenvalue weighted by atomic mass is 79.9. The number of halogens is 1. The van der Waals surface area contributed by atoms with Crippen molar-refractivity contribution < 1.29 is 0 Å². The van der Waals surface area contributed by atoms with Crippen molar-refractivity contribution in [2.75, 3.05) is 0 Å². The largest absolute Gasteiger partial charge is 0.193 e. The first-order chi connectivity index (χ1) is 7.71. The van der Waals surface area contributed by atoms with Crippen molar-refractivity contribution >= 4 is 15.9 Å². The van der Waals surface area contributed by atoms with Crippen LogP contribution in [0, 0.1) is 33.5 Å². The summed E-state index contributed by atoms with van der Waals surface area (Å²) in [6.07, 6.45) is 8.17. The molecule has 2 nitrogen and oxygen atoms in total. The second-order valence-corrected chi connectivity index (χ2v) is 5.92. The van der Waals surface area contributed by atoms with E-state index < -0.39 is 0 Å². The average molecular weight is 275 g/mol. The van der Waals surface area contributed by atoms with Crippen LogP contribution in [0.15, 0.2) is 23.3 Å². The van der Waals surface area contributed by atoms with Gasteiger partial charge in [-0.2, -0.15) is 10.5 Å². The average Bonchev–Trinajstić information content (AvgIpc) is 2.84. The summed E-state index contributed by atoms with van der Waals surface area (Å²) in [6.45, 7) is 0. The summed E-state index contributed by atoms with van der Waals surface area (Å²) < 4.78 is 0. The maximum Gasteiger partial charge on any atom is 0.0950 e. The monoisotopic (exact) mass is 274 g/mol. The van der Waals surface area contributed by atoms with E-state index in [9.17, 15) is 10.5 Å². The van der Waals surface area contributed by atoms with Gasteiger partial charge in [-0.1, -0.05) is 34.5 Å². The highest BCUT2D eigenvalue weighted by Gasteiger charge is 2.66. The molecular weight excluding hydrogens is 264 g/mol. The number of allylic oxidation sites excluding steroid dienone is 4. The third-order valence-corrected chi connectivity index (χ3v) is 5.75. The van der Waals surface area contributed by atoms with Crippen molar-refractivity contribution in [2.45, 2.75) is 30.5 Å². The number of hydrogen-bond acceptors (Lipinski definition) is 2. The first-order valence-corrected chi connectivity index (χ1v) is 6.50. The molecule has 3 aliphatic carbocycles. The van der Waals surface area contributed by atoms with E-state index >= 15 is 0 Å². The van der Waals surface area contributed by atoms with E-state index in [1.54, 1.807) is 0 Å². The molecule has 0 N–H and O–H groups in total. The van der Waals surface area contributed by atoms with Crippen LogP contribution in [0.1, 0.15) is 25.7 Å². The Morgan fingerprint density at radius 2 is 2.00 bits per heavy atom. The zero-order valence-electron chi connectivity index (χ0n) is 8.83. The molecule has 0 aromatic carbocycles. The van der Waals surface area contributed by atoms with Gasteiger partial charge in [-0.3, -0.25) is 0 Å². The van der Waals surface area contributed by atoms with Gasteiger partial charge in [-0.05, 0) is 19.3 Å². The van der Waals surface area contributed by atoms with Crippen LogP contribution >= 0.6 is 15.9 Å². The van der Waals surface area contributed by atoms with E-state index in [-0.39, 0.29) is 15.7 Å². The van der Waals surface area contributed by atoms with Gasteiger partial charge in [0.1, 0.15) is 0 Å². The van der Waals surface area contributed by atoms with Gasteiger partial charge >= 0.3 is 0 Å². The molecule has 3 atom stereocenters. The summed E-state index contributed by atoms with van der Waals surface area (Å²) in [6, 6.07) is 4.71. The van der Waals surface area contributed by atoms with Crippen LogP contribution in [0.3, 0.4) is 0 Å². The molecule has 0 aromatic heterocycles. The SMILES string of the molecule is N#CC1=C[C@@H](Br)[C@@]23CCC[C@@]12CC=C3C#N. The van der Waals surface area contributed by atoms with Gasteiger partial charge < -0.3 is 0 Å². The number of nitriles is 2. The minimum Gasteiger partial charge on any atom is -0.193 e. The lowest BCUT2D eigenvalue weighted by Gasteiger charge is -2.38. The van der Waals surface area contributed by atoms with E-state index in [0.717, 1.165) is 36.8 Å². The van der Waals surface area contributed by atoms with Crippen LogP contribution in [0.25, 0.3) is 0 Å². The Balaban J connectivity index is 2.23. The Bertz CT molecular complexity index is 505. The van der Waals surface area contributed by atoms with Crippen LogP contribution in [0.4, 0.5) is 0 Å². The Kier molecular flexibility index (Phi) is 1.89. The maximum atomic E-state index is 9.28. The van der Waals surface area contributed by atoms with Gasteiger partial charge in [-0.15, -0.1) is 0 Å². The molecule has 0 heterocycles. The lowest BCUT2D eigenvalue weighted by molar-refractivity contribution is 0.222. The van der Waals surface area contributed by atoms with Gasteiger partial charge in [-0.25, -0.2) is 0 Å². The van der Waals surface area contributed by atoms with E-state index in [0.29, 0.717) is 0 Å². The third kappa shape index (κ3) is 0.803. The first kappa shape index (κ1) is 10.1. The zero-order valence-corrected chi connectivity index (χ0v) is 10.4. The fourth-order valence-corrected chi connectivity index (χ4v) is 5.22. The fraction of sp³-hybridized carbons (Fsp3) is 0.538. The quantitative estimate of drug-likeness (QED) is 0.637. The fourth-order valence-electron chi connectivity index (χ4n) is 4.04. The molecular formula is C13H11BrN2. The molecule has 1 fully saturated rings. The van der Waals surface area contributed by atoms with Crippen molar-refractivity contribution in [1.82, 2.24) is 0 Å². The Hall–Kier alpha value is -1.06. The van der Waals surface area contributed by atoms with E-state index in [4.69, 9.17) is 0 Å². The Morgan fingerprint density at radius 3 is 2.69 bits per heavy atom. The van der Waals surface area contributed by atoms with E-state index in [2.05, 4.69) is 34.1 Å². The number of rotatable bonds is 0. The molecule has 0 spiro atoms. The topological polar surface area (TPSA) is 47.6 Å². The third-order valence-electron chi connectivity index (χ3n) is 4.70. The van der Waals surface area contributed by atoms with Crippen molar-refractivity contribution in [3.63, 3.8) is 0 Å². The molecule has 1 saturated carbocycles. The lowest BCUT2D eigenvalue weighted by atomic mass is 9.65. The molecule has 80 valence electrons. The van der Waals surface area contributed by atoms with Crippen LogP contribution < -0.4 is 0 Å². The second kappa shape index (κ2) is 2.99. The summed E-state index contributed by atoms with van der Waals surface area (Å²) in [5, 5.41) is 18.6. The van der Waals surface area contributed by atoms with Crippen LogP contribution in [0.5, 0.6) is 0 Å². The molecule has 0 aliphatic heterocycles. The minimum absolute atomic E-state index is 0.0546. The molecule has 0 bridgehead atoms. The summed E-state index contributed by atoms with van der Waals surface area (Å²) >= 11 is 3.68. The predicted octanol–water partition coefficient (Wildman–Crippen LogP) is 3.22. The molecule has 3 rings (SSSR count). The summed E-state index contributed by atoms with van der Waals surface area (Å²) in [4.78, 5) is 0.158. The van der Waals surface area contributed by atoms with Crippen molar-refractivity contribution in [3.05, 3.63) is 23.3 Å². The van der Waals surface area contributed by atoms with Gasteiger partial charge in [0.2, 0.25) is 0 Å². The number of nitrogens with zero attached hydrogens (tertiary/aromatic N) is 2. The molecule has 3 heteroatoms. The molecule has 0 amide bonds. The molecule has 0 unspecified atom stereocenters. The maximum absolute atomic E-state index is 9.28. The predicted molar refractivity (Wildman–Crippen MR) is 63.4 cm³/mol. The van der Waals surface area contributed by atoms with E-state index in [1.807, 2.05) is 6.08 Å². The van der Waals surface area contributed by atoms with Crippen LogP contribution in [-0.4, -0.2) is 4.83 Å². The van der Waals surface area contributed by atoms with Crippen LogP contribution in [0.2, 0.25) is 0 Å². The lowest BCUT2D eigenvalue weighted by Crippen LogP contribution is -2.37. The molecule has 0 radical (unpaired) electrons. The molecule has 0 aromatic rings. The summed E-state index contributed by atoms with van der Waals surface area (Å²) in [5.41, 5.74) is 1.63. The molecule has 16 heavy (non-hydrogen) atoms. The molecule has 3 aliphatic rings. The van der Waals surface area contributed by atoms with Crippen molar-refractivity contribution in [3.8, 4) is 12.1 Å². The van der Waals surface area contributed by atoms with Crippen LogP contribution in [-0.2, 0) is 0 Å². The van der Waals surface area contributed by atoms with Crippen molar-refractivity contribution in [1.29, 1.82) is 10.5 Å².